The average Bonchev–Trinajstić information content (AvgIpc) is 3.08. The number of carbonyl (C=O) groups excluding carboxylic acids is 1. The third-order valence-electron chi connectivity index (χ3n) is 4.91. The maximum atomic E-state index is 12.7. The van der Waals surface area contributed by atoms with Crippen molar-refractivity contribution in [1.82, 2.24) is 15.1 Å². The van der Waals surface area contributed by atoms with Crippen molar-refractivity contribution >= 4 is 27.4 Å². The van der Waals surface area contributed by atoms with E-state index in [1.54, 1.807) is 4.90 Å². The Balaban J connectivity index is 1.66. The summed E-state index contributed by atoms with van der Waals surface area (Å²) in [7, 11) is -3.39. The Kier molecular flexibility index (Phi) is 5.93. The maximum Gasteiger partial charge on any atom is 0.321 e. The molecule has 1 aliphatic rings. The number of anilines is 2. The minimum atomic E-state index is -3.39. The number of nitrogens with one attached hydrogen (secondary N) is 3. The monoisotopic (exact) mass is 405 g/mol. The van der Waals surface area contributed by atoms with Crippen LogP contribution in [0, 0.1) is 0 Å². The highest BCUT2D eigenvalue weighted by Gasteiger charge is 2.28. The molecule has 152 valence electrons. The Morgan fingerprint density at radius 3 is 2.64 bits per heavy atom. The normalized spacial score (nSPS) is 17.6. The van der Waals surface area contributed by atoms with E-state index in [1.165, 1.54) is 11.8 Å². The van der Waals surface area contributed by atoms with Crippen molar-refractivity contribution in [2.24, 2.45) is 0 Å². The number of amides is 2. The van der Waals surface area contributed by atoms with Crippen molar-refractivity contribution in [2.75, 3.05) is 29.4 Å². The molecule has 1 aromatic heterocycles. The van der Waals surface area contributed by atoms with Gasteiger partial charge >= 0.3 is 6.03 Å². The molecule has 0 aliphatic carbocycles. The van der Waals surface area contributed by atoms with Crippen LogP contribution in [0.25, 0.3) is 0 Å². The Bertz CT molecular complexity index is 921. The Labute approximate surface area is 165 Å². The number of aromatic nitrogens is 2. The van der Waals surface area contributed by atoms with Crippen molar-refractivity contribution in [3.8, 4) is 0 Å². The predicted octanol–water partition coefficient (Wildman–Crippen LogP) is 3.32. The third kappa shape index (κ3) is 5.03. The van der Waals surface area contributed by atoms with Gasteiger partial charge in [0.15, 0.2) is 0 Å². The van der Waals surface area contributed by atoms with Gasteiger partial charge in [-0.1, -0.05) is 26.0 Å². The van der Waals surface area contributed by atoms with Gasteiger partial charge in [0.25, 0.3) is 0 Å². The molecule has 1 fully saturated rings. The smallest absolute Gasteiger partial charge is 0.321 e. The number of benzene rings is 1. The Morgan fingerprint density at radius 2 is 2.00 bits per heavy atom. The molecule has 1 atom stereocenters. The second-order valence-corrected chi connectivity index (χ2v) is 9.31. The van der Waals surface area contributed by atoms with Crippen LogP contribution in [-0.2, 0) is 10.0 Å². The highest BCUT2D eigenvalue weighted by Crippen LogP contribution is 2.31. The molecule has 3 N–H and O–H groups in total. The van der Waals surface area contributed by atoms with Crippen molar-refractivity contribution < 1.29 is 13.2 Å². The summed E-state index contributed by atoms with van der Waals surface area (Å²) in [6.07, 6.45) is 4.26. The Hall–Kier alpha value is -2.55. The standard InChI is InChI=1S/C19H27N5O3S/c1-13(2)14-6-8-16(9-7-14)21-19(25)24-10-4-5-15(12-24)18-17(11-20-22-18)23-28(3,26)27/h6-9,11,13,15,23H,4-5,10,12H2,1-3H3,(H,20,22)(H,21,25)/t15-/m0/s1. The molecule has 0 radical (unpaired) electrons. The van der Waals surface area contributed by atoms with Crippen LogP contribution < -0.4 is 10.0 Å². The molecule has 8 nitrogen and oxygen atoms in total. The van der Waals surface area contributed by atoms with Crippen molar-refractivity contribution in [1.29, 1.82) is 0 Å². The summed E-state index contributed by atoms with van der Waals surface area (Å²) in [6.45, 7) is 5.42. The zero-order valence-corrected chi connectivity index (χ0v) is 17.2. The summed E-state index contributed by atoms with van der Waals surface area (Å²) < 4.78 is 25.6. The van der Waals surface area contributed by atoms with Gasteiger partial charge in [-0.05, 0) is 36.5 Å². The number of H-pyrrole nitrogens is 1. The fraction of sp³-hybridized carbons (Fsp3) is 0.474. The number of rotatable bonds is 5. The molecule has 28 heavy (non-hydrogen) atoms. The summed E-state index contributed by atoms with van der Waals surface area (Å²) in [5, 5.41) is 9.81. The third-order valence-corrected chi connectivity index (χ3v) is 5.50. The van der Waals surface area contributed by atoms with Gasteiger partial charge in [-0.25, -0.2) is 13.2 Å². The number of hydrogen-bond acceptors (Lipinski definition) is 4. The molecule has 2 aromatic rings. The van der Waals surface area contributed by atoms with Crippen LogP contribution in [0.15, 0.2) is 30.5 Å². The number of urea groups is 1. The molecule has 1 aromatic carbocycles. The average molecular weight is 406 g/mol. The highest BCUT2D eigenvalue weighted by atomic mass is 32.2. The van der Waals surface area contributed by atoms with Gasteiger partial charge < -0.3 is 10.2 Å². The zero-order chi connectivity index (χ0) is 20.3. The van der Waals surface area contributed by atoms with E-state index in [-0.39, 0.29) is 11.9 Å². The quantitative estimate of drug-likeness (QED) is 0.709. The summed E-state index contributed by atoms with van der Waals surface area (Å²) >= 11 is 0. The van der Waals surface area contributed by atoms with Gasteiger partial charge in [0.1, 0.15) is 0 Å². The molecular weight excluding hydrogens is 378 g/mol. The van der Waals surface area contributed by atoms with Crippen LogP contribution in [0.4, 0.5) is 16.2 Å². The van der Waals surface area contributed by atoms with E-state index in [0.717, 1.165) is 24.8 Å². The lowest BCUT2D eigenvalue weighted by Gasteiger charge is -2.32. The molecule has 2 heterocycles. The van der Waals surface area contributed by atoms with E-state index in [0.29, 0.717) is 30.4 Å². The minimum absolute atomic E-state index is 0.00503. The first-order valence-electron chi connectivity index (χ1n) is 9.40. The molecule has 1 aliphatic heterocycles. The summed E-state index contributed by atoms with van der Waals surface area (Å²) in [4.78, 5) is 14.5. The van der Waals surface area contributed by atoms with E-state index >= 15 is 0 Å². The second-order valence-electron chi connectivity index (χ2n) is 7.56. The fourth-order valence-electron chi connectivity index (χ4n) is 3.44. The van der Waals surface area contributed by atoms with Crippen LogP contribution in [0.5, 0.6) is 0 Å². The molecule has 0 saturated carbocycles. The van der Waals surface area contributed by atoms with Gasteiger partial charge in [-0.2, -0.15) is 5.10 Å². The molecule has 0 spiro atoms. The van der Waals surface area contributed by atoms with Crippen LogP contribution in [0.1, 0.15) is 49.8 Å². The molecule has 3 rings (SSSR count). The number of likely N-dealkylation sites (tertiary alicyclic amines) is 1. The fourth-order valence-corrected chi connectivity index (χ4v) is 4.00. The second kappa shape index (κ2) is 8.22. The number of aromatic amines is 1. The number of piperidine rings is 1. The zero-order valence-electron chi connectivity index (χ0n) is 16.4. The van der Waals surface area contributed by atoms with E-state index < -0.39 is 10.0 Å². The van der Waals surface area contributed by atoms with Crippen LogP contribution >= 0.6 is 0 Å². The predicted molar refractivity (Wildman–Crippen MR) is 110 cm³/mol. The topological polar surface area (TPSA) is 107 Å². The molecule has 0 unspecified atom stereocenters. The summed E-state index contributed by atoms with van der Waals surface area (Å²) in [6, 6.07) is 7.72. The van der Waals surface area contributed by atoms with Gasteiger partial charge in [0, 0.05) is 24.7 Å². The molecule has 1 saturated heterocycles. The SMILES string of the molecule is CC(C)c1ccc(NC(=O)N2CCC[C@H](c3[nH]ncc3NS(C)(=O)=O)C2)cc1. The van der Waals surface area contributed by atoms with Crippen LogP contribution in [0.2, 0.25) is 0 Å². The number of sulfonamides is 1. The number of carbonyl (C=O) groups is 1. The Morgan fingerprint density at radius 1 is 1.29 bits per heavy atom. The van der Waals surface area contributed by atoms with Crippen LogP contribution in [0.3, 0.4) is 0 Å². The summed E-state index contributed by atoms with van der Waals surface area (Å²) in [5.74, 6) is 0.436. The number of hydrogen-bond donors (Lipinski definition) is 3. The lowest BCUT2D eigenvalue weighted by molar-refractivity contribution is 0.192. The summed E-state index contributed by atoms with van der Waals surface area (Å²) in [5.41, 5.74) is 3.14. The van der Waals surface area contributed by atoms with E-state index in [4.69, 9.17) is 0 Å². The lowest BCUT2D eigenvalue weighted by atomic mass is 9.94. The van der Waals surface area contributed by atoms with Crippen molar-refractivity contribution in [3.05, 3.63) is 41.7 Å². The maximum absolute atomic E-state index is 12.7. The molecule has 2 amide bonds. The van der Waals surface area contributed by atoms with E-state index in [9.17, 15) is 13.2 Å². The highest BCUT2D eigenvalue weighted by molar-refractivity contribution is 7.92. The van der Waals surface area contributed by atoms with E-state index in [1.807, 2.05) is 24.3 Å². The number of nitrogens with zero attached hydrogens (tertiary/aromatic N) is 2. The molecule has 0 bridgehead atoms. The lowest BCUT2D eigenvalue weighted by Crippen LogP contribution is -2.41. The van der Waals surface area contributed by atoms with Gasteiger partial charge in [0.05, 0.1) is 23.8 Å². The minimum Gasteiger partial charge on any atom is -0.324 e. The van der Waals surface area contributed by atoms with Gasteiger partial charge in [-0.15, -0.1) is 0 Å². The molecule has 9 heteroatoms. The van der Waals surface area contributed by atoms with Gasteiger partial charge in [0.2, 0.25) is 10.0 Å². The first kappa shape index (κ1) is 20.2. The largest absolute Gasteiger partial charge is 0.324 e. The van der Waals surface area contributed by atoms with Gasteiger partial charge in [-0.3, -0.25) is 9.82 Å². The first-order valence-corrected chi connectivity index (χ1v) is 11.3. The van der Waals surface area contributed by atoms with Crippen molar-refractivity contribution in [3.63, 3.8) is 0 Å². The molecular formula is C19H27N5O3S. The first-order chi connectivity index (χ1) is 13.2. The van der Waals surface area contributed by atoms with E-state index in [2.05, 4.69) is 34.1 Å². The van der Waals surface area contributed by atoms with Crippen molar-refractivity contribution in [2.45, 2.75) is 38.5 Å². The van der Waals surface area contributed by atoms with Crippen LogP contribution in [-0.4, -0.2) is 48.9 Å².